The van der Waals surface area contributed by atoms with Gasteiger partial charge in [-0.3, -0.25) is 9.78 Å². The van der Waals surface area contributed by atoms with E-state index in [0.29, 0.717) is 17.8 Å². The summed E-state index contributed by atoms with van der Waals surface area (Å²) in [6, 6.07) is 17.2. The number of rotatable bonds is 5. The highest BCUT2D eigenvalue weighted by Gasteiger charge is 2.37. The molecule has 27 heavy (non-hydrogen) atoms. The summed E-state index contributed by atoms with van der Waals surface area (Å²) >= 11 is 0. The first-order valence-corrected chi connectivity index (χ1v) is 8.56. The SMILES string of the molecule is COc1cccc(N[C@H]2c3ncccc3C(=O)N2Cc2ccc(F)cc2)c1. The normalized spacial score (nSPS) is 15.6. The van der Waals surface area contributed by atoms with Crippen molar-refractivity contribution in [2.45, 2.75) is 12.7 Å². The monoisotopic (exact) mass is 363 g/mol. The second-order valence-corrected chi connectivity index (χ2v) is 6.27. The zero-order valence-electron chi connectivity index (χ0n) is 14.7. The molecule has 1 amide bonds. The average molecular weight is 363 g/mol. The van der Waals surface area contributed by atoms with Gasteiger partial charge in [-0.05, 0) is 42.0 Å². The highest BCUT2D eigenvalue weighted by Crippen LogP contribution is 2.34. The number of benzene rings is 2. The first-order chi connectivity index (χ1) is 13.2. The number of amides is 1. The van der Waals surface area contributed by atoms with Crippen LogP contribution in [0.15, 0.2) is 66.9 Å². The van der Waals surface area contributed by atoms with E-state index in [2.05, 4.69) is 10.3 Å². The van der Waals surface area contributed by atoms with Crippen LogP contribution in [0.1, 0.15) is 27.8 Å². The summed E-state index contributed by atoms with van der Waals surface area (Å²) in [4.78, 5) is 19.1. The Bertz CT molecular complexity index is 975. The molecule has 0 bridgehead atoms. The molecule has 0 spiro atoms. The Morgan fingerprint density at radius 1 is 1.15 bits per heavy atom. The molecule has 1 aromatic heterocycles. The Kier molecular flexibility index (Phi) is 4.46. The number of anilines is 1. The van der Waals surface area contributed by atoms with Crippen molar-refractivity contribution in [3.05, 3.63) is 89.5 Å². The first kappa shape index (κ1) is 17.0. The molecule has 0 fully saturated rings. The van der Waals surface area contributed by atoms with Crippen molar-refractivity contribution >= 4 is 11.6 Å². The van der Waals surface area contributed by atoms with Gasteiger partial charge in [0.05, 0.1) is 18.4 Å². The van der Waals surface area contributed by atoms with Crippen LogP contribution < -0.4 is 10.1 Å². The van der Waals surface area contributed by atoms with Crippen molar-refractivity contribution in [3.63, 3.8) is 0 Å². The van der Waals surface area contributed by atoms with E-state index < -0.39 is 6.17 Å². The lowest BCUT2D eigenvalue weighted by Crippen LogP contribution is -2.32. The Hall–Kier alpha value is -3.41. The van der Waals surface area contributed by atoms with Gasteiger partial charge < -0.3 is 15.0 Å². The van der Waals surface area contributed by atoms with Gasteiger partial charge in [0.15, 0.2) is 0 Å². The number of ether oxygens (including phenoxy) is 1. The summed E-state index contributed by atoms with van der Waals surface area (Å²) in [6.07, 6.45) is 1.25. The van der Waals surface area contributed by atoms with Gasteiger partial charge >= 0.3 is 0 Å². The highest BCUT2D eigenvalue weighted by molar-refractivity contribution is 5.98. The van der Waals surface area contributed by atoms with E-state index in [9.17, 15) is 9.18 Å². The minimum absolute atomic E-state index is 0.108. The van der Waals surface area contributed by atoms with E-state index in [-0.39, 0.29) is 11.7 Å². The minimum atomic E-state index is -0.425. The maximum atomic E-state index is 13.2. The number of aromatic nitrogens is 1. The number of carbonyl (C=O) groups excluding carboxylic acids is 1. The Morgan fingerprint density at radius 3 is 2.74 bits per heavy atom. The van der Waals surface area contributed by atoms with Gasteiger partial charge in [-0.1, -0.05) is 18.2 Å². The van der Waals surface area contributed by atoms with Crippen molar-refractivity contribution in [1.82, 2.24) is 9.88 Å². The molecule has 136 valence electrons. The van der Waals surface area contributed by atoms with Gasteiger partial charge in [0.1, 0.15) is 17.7 Å². The van der Waals surface area contributed by atoms with Crippen LogP contribution in [-0.4, -0.2) is 22.9 Å². The summed E-state index contributed by atoms with van der Waals surface area (Å²) in [7, 11) is 1.61. The summed E-state index contributed by atoms with van der Waals surface area (Å²) < 4.78 is 18.5. The Morgan fingerprint density at radius 2 is 1.96 bits per heavy atom. The molecule has 2 heterocycles. The standard InChI is InChI=1S/C21H18FN3O2/c1-27-17-5-2-4-16(12-17)24-20-19-18(6-3-11-23-19)21(26)25(20)13-14-7-9-15(22)10-8-14/h2-12,20,24H,13H2,1H3/t20-/m1/s1. The van der Waals surface area contributed by atoms with Crippen LogP contribution in [0.25, 0.3) is 0 Å². The van der Waals surface area contributed by atoms with Crippen LogP contribution >= 0.6 is 0 Å². The first-order valence-electron chi connectivity index (χ1n) is 8.56. The second-order valence-electron chi connectivity index (χ2n) is 6.27. The predicted octanol–water partition coefficient (Wildman–Crippen LogP) is 4.00. The van der Waals surface area contributed by atoms with Gasteiger partial charge in [0, 0.05) is 24.5 Å². The second kappa shape index (κ2) is 7.07. The molecule has 1 aliphatic rings. The van der Waals surface area contributed by atoms with E-state index in [4.69, 9.17) is 4.74 Å². The lowest BCUT2D eigenvalue weighted by molar-refractivity contribution is 0.0728. The van der Waals surface area contributed by atoms with Crippen LogP contribution in [0.3, 0.4) is 0 Å². The van der Waals surface area contributed by atoms with Crippen LogP contribution in [0, 0.1) is 5.82 Å². The molecule has 6 heteroatoms. The summed E-state index contributed by atoms with van der Waals surface area (Å²) in [5.74, 6) is 0.306. The molecule has 0 radical (unpaired) electrons. The number of hydrogen-bond donors (Lipinski definition) is 1. The Balaban J connectivity index is 1.67. The molecular weight excluding hydrogens is 345 g/mol. The van der Waals surface area contributed by atoms with Crippen molar-refractivity contribution in [1.29, 1.82) is 0 Å². The fourth-order valence-electron chi connectivity index (χ4n) is 3.20. The third-order valence-corrected chi connectivity index (χ3v) is 4.54. The molecule has 0 saturated carbocycles. The van der Waals surface area contributed by atoms with E-state index in [1.54, 1.807) is 42.5 Å². The Labute approximate surface area is 156 Å². The molecule has 5 nitrogen and oxygen atoms in total. The molecular formula is C21H18FN3O2. The fraction of sp³-hybridized carbons (Fsp3) is 0.143. The van der Waals surface area contributed by atoms with E-state index in [1.807, 2.05) is 24.3 Å². The molecule has 0 unspecified atom stereocenters. The number of pyridine rings is 1. The molecule has 0 saturated heterocycles. The largest absolute Gasteiger partial charge is 0.497 e. The van der Waals surface area contributed by atoms with Gasteiger partial charge in [-0.2, -0.15) is 0 Å². The molecule has 3 aromatic rings. The molecule has 2 aromatic carbocycles. The van der Waals surface area contributed by atoms with Crippen LogP contribution in [-0.2, 0) is 6.54 Å². The lowest BCUT2D eigenvalue weighted by Gasteiger charge is -2.26. The summed E-state index contributed by atoms with van der Waals surface area (Å²) in [5, 5.41) is 3.37. The van der Waals surface area contributed by atoms with Gasteiger partial charge in [0.2, 0.25) is 0 Å². The third kappa shape index (κ3) is 3.33. The maximum Gasteiger partial charge on any atom is 0.258 e. The molecule has 4 rings (SSSR count). The highest BCUT2D eigenvalue weighted by atomic mass is 19.1. The van der Waals surface area contributed by atoms with Crippen LogP contribution in [0.2, 0.25) is 0 Å². The van der Waals surface area contributed by atoms with Crippen LogP contribution in [0.4, 0.5) is 10.1 Å². The average Bonchev–Trinajstić information content (AvgIpc) is 2.96. The van der Waals surface area contributed by atoms with Crippen molar-refractivity contribution in [2.24, 2.45) is 0 Å². The topological polar surface area (TPSA) is 54.5 Å². The number of hydrogen-bond acceptors (Lipinski definition) is 4. The molecule has 1 N–H and O–H groups in total. The number of nitrogens with one attached hydrogen (secondary N) is 1. The van der Waals surface area contributed by atoms with Crippen LogP contribution in [0.5, 0.6) is 5.75 Å². The zero-order valence-corrected chi connectivity index (χ0v) is 14.7. The summed E-state index contributed by atoms with van der Waals surface area (Å²) in [5.41, 5.74) is 2.90. The lowest BCUT2D eigenvalue weighted by atomic mass is 10.2. The van der Waals surface area contributed by atoms with Gasteiger partial charge in [0.25, 0.3) is 5.91 Å². The molecule has 0 aliphatic carbocycles. The smallest absolute Gasteiger partial charge is 0.258 e. The molecule has 1 aliphatic heterocycles. The van der Waals surface area contributed by atoms with Crippen molar-refractivity contribution in [3.8, 4) is 5.75 Å². The zero-order chi connectivity index (χ0) is 18.8. The number of methoxy groups -OCH3 is 1. The van der Waals surface area contributed by atoms with E-state index in [1.165, 1.54) is 12.1 Å². The van der Waals surface area contributed by atoms with Gasteiger partial charge in [-0.25, -0.2) is 4.39 Å². The minimum Gasteiger partial charge on any atom is -0.497 e. The number of fused-ring (bicyclic) bond motifs is 1. The van der Waals surface area contributed by atoms with E-state index >= 15 is 0 Å². The van der Waals surface area contributed by atoms with E-state index in [0.717, 1.165) is 17.0 Å². The third-order valence-electron chi connectivity index (χ3n) is 4.54. The fourth-order valence-corrected chi connectivity index (χ4v) is 3.20. The maximum absolute atomic E-state index is 13.2. The quantitative estimate of drug-likeness (QED) is 0.745. The number of nitrogens with zero attached hydrogens (tertiary/aromatic N) is 2. The number of carbonyl (C=O) groups is 1. The van der Waals surface area contributed by atoms with Crippen molar-refractivity contribution in [2.75, 3.05) is 12.4 Å². The van der Waals surface area contributed by atoms with Crippen molar-refractivity contribution < 1.29 is 13.9 Å². The van der Waals surface area contributed by atoms with Gasteiger partial charge in [-0.15, -0.1) is 0 Å². The number of halogens is 1. The summed E-state index contributed by atoms with van der Waals surface area (Å²) in [6.45, 7) is 0.344. The predicted molar refractivity (Wildman–Crippen MR) is 99.9 cm³/mol. The molecule has 1 atom stereocenters.